The maximum absolute atomic E-state index is 12.7. The largest absolute Gasteiger partial charge is 0.340 e. The topological polar surface area (TPSA) is 78.0 Å². The van der Waals surface area contributed by atoms with Crippen molar-refractivity contribution >= 4 is 33.6 Å². The zero-order valence-corrected chi connectivity index (χ0v) is 18.7. The standard InChI is InChI=1S/C24H27N3O4S/c28-23-7-4-13-27(23)22-10-8-21(9-11-22)19-24(29)25-14-16-26(17-15-25)32(30,31)18-12-20-5-2-1-3-6-20/h1-3,5-6,8-12,18H,4,7,13-17,19H2. The number of hydrogen-bond acceptors (Lipinski definition) is 4. The van der Waals surface area contributed by atoms with Gasteiger partial charge in [0.05, 0.1) is 6.42 Å². The highest BCUT2D eigenvalue weighted by Crippen LogP contribution is 2.22. The maximum Gasteiger partial charge on any atom is 0.236 e. The third-order valence-corrected chi connectivity index (χ3v) is 7.42. The van der Waals surface area contributed by atoms with E-state index in [4.69, 9.17) is 0 Å². The van der Waals surface area contributed by atoms with Gasteiger partial charge in [0, 0.05) is 50.2 Å². The van der Waals surface area contributed by atoms with Crippen LogP contribution in [0.5, 0.6) is 0 Å². The van der Waals surface area contributed by atoms with E-state index in [0.29, 0.717) is 19.5 Å². The number of nitrogens with zero attached hydrogens (tertiary/aromatic N) is 3. The van der Waals surface area contributed by atoms with Crippen LogP contribution >= 0.6 is 0 Å². The lowest BCUT2D eigenvalue weighted by Gasteiger charge is -2.33. The Balaban J connectivity index is 1.29. The molecule has 2 aromatic rings. The van der Waals surface area contributed by atoms with Gasteiger partial charge in [0.25, 0.3) is 0 Å². The smallest absolute Gasteiger partial charge is 0.236 e. The molecule has 0 atom stereocenters. The van der Waals surface area contributed by atoms with Crippen LogP contribution in [-0.4, -0.2) is 62.2 Å². The third kappa shape index (κ3) is 5.26. The van der Waals surface area contributed by atoms with Crippen molar-refractivity contribution in [3.63, 3.8) is 0 Å². The number of carbonyl (C=O) groups is 2. The lowest BCUT2D eigenvalue weighted by atomic mass is 10.1. The van der Waals surface area contributed by atoms with E-state index in [1.807, 2.05) is 54.6 Å². The summed E-state index contributed by atoms with van der Waals surface area (Å²) in [7, 11) is -3.52. The summed E-state index contributed by atoms with van der Waals surface area (Å²) in [5.74, 6) is 0.118. The minimum atomic E-state index is -3.52. The van der Waals surface area contributed by atoms with Gasteiger partial charge in [0.2, 0.25) is 21.8 Å². The maximum atomic E-state index is 12.7. The summed E-state index contributed by atoms with van der Waals surface area (Å²) in [6.07, 6.45) is 3.31. The first kappa shape index (κ1) is 22.2. The van der Waals surface area contributed by atoms with Crippen molar-refractivity contribution in [2.45, 2.75) is 19.3 Å². The molecule has 2 amide bonds. The number of amides is 2. The van der Waals surface area contributed by atoms with Gasteiger partial charge >= 0.3 is 0 Å². The molecule has 0 radical (unpaired) electrons. The molecule has 2 aliphatic heterocycles. The fourth-order valence-electron chi connectivity index (χ4n) is 4.01. The Morgan fingerprint density at radius 1 is 0.906 bits per heavy atom. The van der Waals surface area contributed by atoms with Crippen LogP contribution in [0.4, 0.5) is 5.69 Å². The SMILES string of the molecule is O=C(Cc1ccc(N2CCCC2=O)cc1)N1CCN(S(=O)(=O)C=Cc2ccccc2)CC1. The number of carbonyl (C=O) groups excluding carboxylic acids is 2. The predicted octanol–water partition coefficient (Wildman–Crippen LogP) is 2.50. The molecule has 0 unspecified atom stereocenters. The molecule has 2 fully saturated rings. The predicted molar refractivity (Wildman–Crippen MR) is 124 cm³/mol. The van der Waals surface area contributed by atoms with Crippen LogP contribution in [0.1, 0.15) is 24.0 Å². The van der Waals surface area contributed by atoms with Gasteiger partial charge in [0.15, 0.2) is 0 Å². The van der Waals surface area contributed by atoms with Crippen LogP contribution in [-0.2, 0) is 26.0 Å². The van der Waals surface area contributed by atoms with Crippen molar-refractivity contribution in [3.8, 4) is 0 Å². The highest BCUT2D eigenvalue weighted by Gasteiger charge is 2.27. The van der Waals surface area contributed by atoms with Gasteiger partial charge in [-0.15, -0.1) is 0 Å². The van der Waals surface area contributed by atoms with Gasteiger partial charge in [-0.25, -0.2) is 8.42 Å². The molecule has 0 aliphatic carbocycles. The molecule has 32 heavy (non-hydrogen) atoms. The van der Waals surface area contributed by atoms with Gasteiger partial charge in [0.1, 0.15) is 0 Å². The van der Waals surface area contributed by atoms with E-state index in [0.717, 1.165) is 29.8 Å². The number of benzene rings is 2. The van der Waals surface area contributed by atoms with E-state index in [1.54, 1.807) is 15.9 Å². The van der Waals surface area contributed by atoms with E-state index in [1.165, 1.54) is 9.71 Å². The summed E-state index contributed by atoms with van der Waals surface area (Å²) in [4.78, 5) is 28.1. The molecule has 0 N–H and O–H groups in total. The molecule has 2 heterocycles. The number of anilines is 1. The summed E-state index contributed by atoms with van der Waals surface area (Å²) >= 11 is 0. The molecule has 0 bridgehead atoms. The Kier molecular flexibility index (Phi) is 6.72. The van der Waals surface area contributed by atoms with Gasteiger partial charge in [-0.1, -0.05) is 42.5 Å². The zero-order chi connectivity index (χ0) is 22.6. The van der Waals surface area contributed by atoms with Crippen LogP contribution in [0.3, 0.4) is 0 Å². The summed E-state index contributed by atoms with van der Waals surface area (Å²) in [5, 5.41) is 1.23. The van der Waals surface area contributed by atoms with Crippen molar-refractivity contribution in [2.24, 2.45) is 0 Å². The zero-order valence-electron chi connectivity index (χ0n) is 17.9. The number of rotatable bonds is 6. The molecule has 4 rings (SSSR count). The summed E-state index contributed by atoms with van der Waals surface area (Å²) in [6, 6.07) is 16.8. The Labute approximate surface area is 189 Å². The van der Waals surface area contributed by atoms with Gasteiger partial charge in [-0.2, -0.15) is 4.31 Å². The van der Waals surface area contributed by atoms with Crippen LogP contribution in [0.2, 0.25) is 0 Å². The van der Waals surface area contributed by atoms with Crippen LogP contribution < -0.4 is 4.90 Å². The Morgan fingerprint density at radius 2 is 1.59 bits per heavy atom. The molecular formula is C24H27N3O4S. The lowest BCUT2D eigenvalue weighted by Crippen LogP contribution is -2.50. The second-order valence-corrected chi connectivity index (χ2v) is 9.85. The first-order valence-electron chi connectivity index (χ1n) is 10.8. The minimum Gasteiger partial charge on any atom is -0.340 e. The quantitative estimate of drug-likeness (QED) is 0.673. The normalized spacial score (nSPS) is 17.9. The van der Waals surface area contributed by atoms with E-state index in [9.17, 15) is 18.0 Å². The molecule has 8 heteroatoms. The lowest BCUT2D eigenvalue weighted by molar-refractivity contribution is -0.131. The third-order valence-electron chi connectivity index (χ3n) is 5.86. The molecule has 0 spiro atoms. The van der Waals surface area contributed by atoms with Crippen molar-refractivity contribution < 1.29 is 18.0 Å². The first-order valence-corrected chi connectivity index (χ1v) is 12.3. The summed E-state index contributed by atoms with van der Waals surface area (Å²) in [6.45, 7) is 2.05. The Bertz CT molecular complexity index is 1090. The fourth-order valence-corrected chi connectivity index (χ4v) is 5.18. The highest BCUT2D eigenvalue weighted by atomic mass is 32.2. The van der Waals surface area contributed by atoms with Gasteiger partial charge in [-0.3, -0.25) is 9.59 Å². The average molecular weight is 454 g/mol. The number of piperazine rings is 1. The molecule has 2 saturated heterocycles. The minimum absolute atomic E-state index is 0.0214. The molecule has 0 saturated carbocycles. The first-order chi connectivity index (χ1) is 15.4. The van der Waals surface area contributed by atoms with E-state index in [-0.39, 0.29) is 31.3 Å². The Morgan fingerprint density at radius 3 is 2.22 bits per heavy atom. The van der Waals surface area contributed by atoms with E-state index < -0.39 is 10.0 Å². The van der Waals surface area contributed by atoms with E-state index >= 15 is 0 Å². The molecule has 2 aliphatic rings. The molecule has 168 valence electrons. The monoisotopic (exact) mass is 453 g/mol. The molecule has 7 nitrogen and oxygen atoms in total. The van der Waals surface area contributed by atoms with Crippen molar-refractivity contribution in [2.75, 3.05) is 37.6 Å². The van der Waals surface area contributed by atoms with Crippen LogP contribution in [0, 0.1) is 0 Å². The molecule has 0 aromatic heterocycles. The van der Waals surface area contributed by atoms with Gasteiger partial charge < -0.3 is 9.80 Å². The molecular weight excluding hydrogens is 426 g/mol. The summed E-state index contributed by atoms with van der Waals surface area (Å²) in [5.41, 5.74) is 2.57. The van der Waals surface area contributed by atoms with Crippen LogP contribution in [0.25, 0.3) is 6.08 Å². The fraction of sp³-hybridized carbons (Fsp3) is 0.333. The van der Waals surface area contributed by atoms with Crippen molar-refractivity contribution in [1.82, 2.24) is 9.21 Å². The summed E-state index contributed by atoms with van der Waals surface area (Å²) < 4.78 is 26.6. The van der Waals surface area contributed by atoms with Crippen molar-refractivity contribution in [3.05, 3.63) is 71.1 Å². The van der Waals surface area contributed by atoms with Gasteiger partial charge in [-0.05, 0) is 35.8 Å². The Hall–Kier alpha value is -2.97. The van der Waals surface area contributed by atoms with Crippen molar-refractivity contribution in [1.29, 1.82) is 0 Å². The average Bonchev–Trinajstić information content (AvgIpc) is 3.25. The van der Waals surface area contributed by atoms with E-state index in [2.05, 4.69) is 0 Å². The van der Waals surface area contributed by atoms with Crippen LogP contribution in [0.15, 0.2) is 60.0 Å². The number of hydrogen-bond donors (Lipinski definition) is 0. The molecule has 2 aromatic carbocycles. The second-order valence-electron chi connectivity index (χ2n) is 8.03. The highest BCUT2D eigenvalue weighted by molar-refractivity contribution is 7.92. The second kappa shape index (κ2) is 9.67. The number of sulfonamides is 1.